The van der Waals surface area contributed by atoms with Crippen molar-refractivity contribution >= 4 is 27.4 Å². The Morgan fingerprint density at radius 3 is 2.14 bits per heavy atom. The molecule has 2 rings (SSSR count). The highest BCUT2D eigenvalue weighted by atomic mass is 32.1. The zero-order chi connectivity index (χ0) is 27.1. The van der Waals surface area contributed by atoms with E-state index in [1.807, 2.05) is 13.8 Å². The minimum absolute atomic E-state index is 0.0837. The third-order valence-corrected chi connectivity index (χ3v) is 8.07. The molecular formula is C28H39F3O4S. The quantitative estimate of drug-likeness (QED) is 0.194. The number of esters is 1. The van der Waals surface area contributed by atoms with Crippen LogP contribution in [0.5, 0.6) is 5.75 Å². The maximum absolute atomic E-state index is 13.4. The van der Waals surface area contributed by atoms with Crippen molar-refractivity contribution in [3.63, 3.8) is 0 Å². The van der Waals surface area contributed by atoms with Gasteiger partial charge in [0.1, 0.15) is 11.3 Å². The molecular weight excluding hydrogens is 489 g/mol. The van der Waals surface area contributed by atoms with Crippen molar-refractivity contribution in [3.8, 4) is 5.75 Å². The summed E-state index contributed by atoms with van der Waals surface area (Å²) in [6.45, 7) is 12.3. The minimum Gasteiger partial charge on any atom is -0.493 e. The lowest BCUT2D eigenvalue weighted by atomic mass is 9.74. The van der Waals surface area contributed by atoms with Crippen LogP contribution in [0.2, 0.25) is 0 Å². The van der Waals surface area contributed by atoms with Gasteiger partial charge in [-0.15, -0.1) is 0 Å². The maximum atomic E-state index is 13.4. The van der Waals surface area contributed by atoms with Gasteiger partial charge >= 0.3 is 12.1 Å². The molecule has 4 nitrogen and oxygen atoms in total. The number of hydrogen-bond acceptors (Lipinski definition) is 5. The summed E-state index contributed by atoms with van der Waals surface area (Å²) in [5.41, 5.74) is -1.69. The first-order valence-corrected chi connectivity index (χ1v) is 13.5. The molecule has 0 saturated carbocycles. The van der Waals surface area contributed by atoms with Gasteiger partial charge in [0.15, 0.2) is 0 Å². The summed E-state index contributed by atoms with van der Waals surface area (Å²) in [4.78, 5) is 24.4. The van der Waals surface area contributed by atoms with E-state index in [0.717, 1.165) is 38.5 Å². The number of rotatable bonds is 13. The van der Waals surface area contributed by atoms with E-state index in [4.69, 9.17) is 9.47 Å². The molecule has 202 valence electrons. The molecule has 2 aromatic rings. The highest BCUT2D eigenvalue weighted by molar-refractivity contribution is 7.16. The molecule has 36 heavy (non-hydrogen) atoms. The Bertz CT molecular complexity index is 1070. The predicted molar refractivity (Wildman–Crippen MR) is 140 cm³/mol. The van der Waals surface area contributed by atoms with Crippen LogP contribution in [0.3, 0.4) is 0 Å². The molecule has 0 amide bonds. The second-order valence-corrected chi connectivity index (χ2v) is 11.4. The second kappa shape index (κ2) is 12.9. The SMILES string of the molecule is Cc1c(C(F)(F)F)c(=O)sc2cccc(OCCCCCCCCOC(=O)C(C)(C)C(C)C(C)C)c12. The second-order valence-electron chi connectivity index (χ2n) is 10.4. The zero-order valence-corrected chi connectivity index (χ0v) is 23.0. The number of carbonyl (C=O) groups is 1. The maximum Gasteiger partial charge on any atom is 0.421 e. The van der Waals surface area contributed by atoms with E-state index in [-0.39, 0.29) is 17.5 Å². The van der Waals surface area contributed by atoms with Crippen LogP contribution in [0, 0.1) is 24.2 Å². The highest BCUT2D eigenvalue weighted by Gasteiger charge is 2.37. The number of alkyl halides is 3. The van der Waals surface area contributed by atoms with Crippen LogP contribution in [0.25, 0.3) is 10.1 Å². The Morgan fingerprint density at radius 1 is 0.972 bits per heavy atom. The molecule has 1 heterocycles. The molecule has 0 aliphatic carbocycles. The van der Waals surface area contributed by atoms with Crippen molar-refractivity contribution in [2.45, 2.75) is 86.2 Å². The van der Waals surface area contributed by atoms with E-state index < -0.39 is 21.9 Å². The van der Waals surface area contributed by atoms with Crippen molar-refractivity contribution in [3.05, 3.63) is 38.9 Å². The van der Waals surface area contributed by atoms with Gasteiger partial charge in [0.25, 0.3) is 0 Å². The first-order valence-electron chi connectivity index (χ1n) is 12.7. The summed E-state index contributed by atoms with van der Waals surface area (Å²) in [5, 5.41) is 0.356. The van der Waals surface area contributed by atoms with Gasteiger partial charge in [0.2, 0.25) is 4.74 Å². The molecule has 0 bridgehead atoms. The molecule has 0 radical (unpaired) electrons. The standard InChI is InChI=1S/C28H39F3O4S/c1-18(2)20(4)27(5,6)26(33)35-17-12-10-8-7-9-11-16-34-21-14-13-15-22-23(21)19(3)24(25(32)36-22)28(29,30)31/h13-15,18,20H,7-12,16-17H2,1-6H3. The lowest BCUT2D eigenvalue weighted by molar-refractivity contribution is -0.158. The molecule has 1 unspecified atom stereocenters. The molecule has 0 aliphatic heterocycles. The van der Waals surface area contributed by atoms with E-state index in [1.54, 1.807) is 18.2 Å². The van der Waals surface area contributed by atoms with E-state index in [0.29, 0.717) is 46.3 Å². The van der Waals surface area contributed by atoms with Gasteiger partial charge in [-0.05, 0) is 63.1 Å². The van der Waals surface area contributed by atoms with Gasteiger partial charge in [-0.3, -0.25) is 9.59 Å². The average Bonchev–Trinajstić information content (AvgIpc) is 2.78. The Morgan fingerprint density at radius 2 is 1.56 bits per heavy atom. The number of halogens is 3. The number of benzene rings is 1. The van der Waals surface area contributed by atoms with Crippen molar-refractivity contribution in [2.24, 2.45) is 17.3 Å². The van der Waals surface area contributed by atoms with Crippen LogP contribution in [0.4, 0.5) is 13.2 Å². The van der Waals surface area contributed by atoms with Crippen molar-refractivity contribution in [1.82, 2.24) is 0 Å². The number of ether oxygens (including phenoxy) is 2. The Labute approximate surface area is 216 Å². The lowest BCUT2D eigenvalue weighted by Gasteiger charge is -2.32. The third-order valence-electron chi connectivity index (χ3n) is 7.12. The van der Waals surface area contributed by atoms with Gasteiger partial charge in [-0.25, -0.2) is 0 Å². The molecule has 0 saturated heterocycles. The average molecular weight is 529 g/mol. The van der Waals surface area contributed by atoms with Crippen LogP contribution in [-0.2, 0) is 15.7 Å². The monoisotopic (exact) mass is 528 g/mol. The normalized spacial score (nSPS) is 13.3. The smallest absolute Gasteiger partial charge is 0.421 e. The number of unbranched alkanes of at least 4 members (excludes halogenated alkanes) is 5. The summed E-state index contributed by atoms with van der Waals surface area (Å²) in [6, 6.07) is 4.99. The molecule has 8 heteroatoms. The van der Waals surface area contributed by atoms with Crippen molar-refractivity contribution < 1.29 is 27.4 Å². The molecule has 1 atom stereocenters. The van der Waals surface area contributed by atoms with E-state index >= 15 is 0 Å². The summed E-state index contributed by atoms with van der Waals surface area (Å²) in [7, 11) is 0. The first kappa shape index (κ1) is 30.1. The Kier molecular flexibility index (Phi) is 10.8. The van der Waals surface area contributed by atoms with Gasteiger partial charge < -0.3 is 9.47 Å². The molecule has 0 spiro atoms. The molecule has 1 aromatic carbocycles. The Balaban J connectivity index is 1.73. The first-order chi connectivity index (χ1) is 16.8. The van der Waals surface area contributed by atoms with Gasteiger partial charge in [-0.1, -0.05) is 63.9 Å². The fourth-order valence-electron chi connectivity index (χ4n) is 4.31. The van der Waals surface area contributed by atoms with Crippen LogP contribution >= 0.6 is 11.3 Å². The highest BCUT2D eigenvalue weighted by Crippen LogP contribution is 2.38. The van der Waals surface area contributed by atoms with Gasteiger partial charge in [0.05, 0.1) is 18.6 Å². The minimum atomic E-state index is -4.69. The van der Waals surface area contributed by atoms with Crippen LogP contribution in [0.1, 0.15) is 84.3 Å². The largest absolute Gasteiger partial charge is 0.493 e. The topological polar surface area (TPSA) is 52.6 Å². The number of carbonyl (C=O) groups excluding carboxylic acids is 1. The molecule has 0 fully saturated rings. The van der Waals surface area contributed by atoms with Crippen LogP contribution in [0.15, 0.2) is 23.0 Å². The summed E-state index contributed by atoms with van der Waals surface area (Å²) in [6.07, 6.45) is 0.829. The number of hydrogen-bond donors (Lipinski definition) is 0. The van der Waals surface area contributed by atoms with Crippen molar-refractivity contribution in [2.75, 3.05) is 13.2 Å². The van der Waals surface area contributed by atoms with Crippen LogP contribution < -0.4 is 9.48 Å². The van der Waals surface area contributed by atoms with E-state index in [9.17, 15) is 22.8 Å². The summed E-state index contributed by atoms with van der Waals surface area (Å²) in [5.74, 6) is 0.883. The van der Waals surface area contributed by atoms with Gasteiger partial charge in [-0.2, -0.15) is 13.2 Å². The fraction of sp³-hybridized carbons (Fsp3) is 0.643. The van der Waals surface area contributed by atoms with Crippen LogP contribution in [-0.4, -0.2) is 19.2 Å². The summed E-state index contributed by atoms with van der Waals surface area (Å²) < 4.78 is 50.9. The number of fused-ring (bicyclic) bond motifs is 1. The summed E-state index contributed by atoms with van der Waals surface area (Å²) >= 11 is 0.599. The van der Waals surface area contributed by atoms with E-state index in [2.05, 4.69) is 20.8 Å². The van der Waals surface area contributed by atoms with Gasteiger partial charge in [0, 0.05) is 10.1 Å². The third kappa shape index (κ3) is 7.70. The fourth-order valence-corrected chi connectivity index (χ4v) is 5.38. The van der Waals surface area contributed by atoms with Crippen molar-refractivity contribution in [1.29, 1.82) is 0 Å². The predicted octanol–water partition coefficient (Wildman–Crippen LogP) is 8.17. The molecule has 0 aliphatic rings. The van der Waals surface area contributed by atoms with E-state index in [1.165, 1.54) is 6.92 Å². The lowest BCUT2D eigenvalue weighted by Crippen LogP contribution is -2.35. The Hall–Kier alpha value is -2.09. The molecule has 1 aromatic heterocycles. The zero-order valence-electron chi connectivity index (χ0n) is 22.2. The number of aryl methyl sites for hydroxylation is 1. The molecule has 0 N–H and O–H groups in total.